The summed E-state index contributed by atoms with van der Waals surface area (Å²) in [5, 5.41) is 15.1. The summed E-state index contributed by atoms with van der Waals surface area (Å²) in [6, 6.07) is 7.97. The third-order valence-electron chi connectivity index (χ3n) is 7.25. The van der Waals surface area contributed by atoms with Gasteiger partial charge in [0.15, 0.2) is 16.1 Å². The van der Waals surface area contributed by atoms with Crippen molar-refractivity contribution in [2.24, 2.45) is 0 Å². The summed E-state index contributed by atoms with van der Waals surface area (Å²) in [4.78, 5) is 13.4. The molecule has 1 amide bonds. The Bertz CT molecular complexity index is 1360. The Labute approximate surface area is 212 Å². The fourth-order valence-corrected chi connectivity index (χ4v) is 6.72. The van der Waals surface area contributed by atoms with E-state index in [0.29, 0.717) is 24.4 Å². The molecule has 0 radical (unpaired) electrons. The van der Waals surface area contributed by atoms with Gasteiger partial charge in [-0.2, -0.15) is 23.5 Å². The van der Waals surface area contributed by atoms with Crippen molar-refractivity contribution in [3.63, 3.8) is 0 Å². The average Bonchev–Trinajstić information content (AvgIpc) is 3.28. The van der Waals surface area contributed by atoms with E-state index in [1.165, 1.54) is 6.07 Å². The van der Waals surface area contributed by atoms with Crippen LogP contribution in [0.25, 0.3) is 0 Å². The second-order valence-electron chi connectivity index (χ2n) is 9.90. The Morgan fingerprint density at radius 3 is 2.57 bits per heavy atom. The van der Waals surface area contributed by atoms with Crippen LogP contribution in [0.4, 0.5) is 23.8 Å². The topological polar surface area (TPSA) is 117 Å². The van der Waals surface area contributed by atoms with E-state index in [2.05, 4.69) is 10.4 Å². The van der Waals surface area contributed by atoms with Gasteiger partial charge in [0.05, 0.1) is 33.5 Å². The van der Waals surface area contributed by atoms with Gasteiger partial charge in [0.2, 0.25) is 0 Å². The maximum absolute atomic E-state index is 13.7. The minimum absolute atomic E-state index is 0.105. The number of sulfone groups is 1. The lowest BCUT2D eigenvalue weighted by Crippen LogP contribution is -2.42. The summed E-state index contributed by atoms with van der Waals surface area (Å²) in [5.74, 6) is 0.545. The van der Waals surface area contributed by atoms with E-state index >= 15 is 0 Å². The molecule has 2 saturated carbocycles. The van der Waals surface area contributed by atoms with Crippen LogP contribution in [0, 0.1) is 18.3 Å². The highest BCUT2D eigenvalue weighted by molar-refractivity contribution is 7.92. The Kier molecular flexibility index (Phi) is 6.13. The summed E-state index contributed by atoms with van der Waals surface area (Å²) in [5.41, 5.74) is -1.55. The van der Waals surface area contributed by atoms with Gasteiger partial charge in [0.1, 0.15) is 11.4 Å². The molecule has 37 heavy (non-hydrogen) atoms. The second kappa shape index (κ2) is 8.93. The third kappa shape index (κ3) is 4.74. The van der Waals surface area contributed by atoms with E-state index < -0.39 is 49.6 Å². The third-order valence-corrected chi connectivity index (χ3v) is 9.44. The Hall–Kier alpha value is -3.27. The number of hydrogen-bond acceptors (Lipinski definition) is 7. The molecule has 2 atom stereocenters. The molecule has 0 unspecified atom stereocenters. The number of rotatable bonds is 6. The molecular formula is C24H26F3N5O4S. The number of aromatic nitrogens is 2. The second-order valence-corrected chi connectivity index (χ2v) is 12.1. The van der Waals surface area contributed by atoms with Crippen molar-refractivity contribution in [1.29, 1.82) is 5.26 Å². The lowest BCUT2D eigenvalue weighted by atomic mass is 9.93. The molecule has 1 aliphatic heterocycles. The first-order chi connectivity index (χ1) is 17.4. The van der Waals surface area contributed by atoms with Crippen LogP contribution in [-0.4, -0.2) is 47.9 Å². The van der Waals surface area contributed by atoms with Gasteiger partial charge in [0, 0.05) is 19.0 Å². The Morgan fingerprint density at radius 2 is 1.97 bits per heavy atom. The number of amides is 1. The largest absolute Gasteiger partial charge is 0.425 e. The zero-order valence-electron chi connectivity index (χ0n) is 20.0. The number of carbonyl (C=O) groups excluding carboxylic acids is 1. The van der Waals surface area contributed by atoms with Crippen LogP contribution in [0.2, 0.25) is 0 Å². The fourth-order valence-electron chi connectivity index (χ4n) is 4.83. The number of alkyl halides is 3. The number of hydrogen-bond donors (Lipinski definition) is 1. The number of halogens is 3. The van der Waals surface area contributed by atoms with E-state index in [1.54, 1.807) is 22.6 Å². The van der Waals surface area contributed by atoms with Crippen LogP contribution in [0.15, 0.2) is 35.2 Å². The average molecular weight is 538 g/mol. The summed E-state index contributed by atoms with van der Waals surface area (Å²) >= 11 is 0. The van der Waals surface area contributed by atoms with Crippen molar-refractivity contribution < 1.29 is 31.1 Å². The van der Waals surface area contributed by atoms with Crippen LogP contribution < -0.4 is 10.2 Å². The molecule has 0 bridgehead atoms. The highest BCUT2D eigenvalue weighted by Crippen LogP contribution is 2.41. The zero-order valence-corrected chi connectivity index (χ0v) is 20.8. The highest BCUT2D eigenvalue weighted by Gasteiger charge is 2.49. The Balaban J connectivity index is 1.48. The normalized spacial score (nSPS) is 23.3. The first-order valence-electron chi connectivity index (χ1n) is 12.1. The van der Waals surface area contributed by atoms with Crippen LogP contribution >= 0.6 is 0 Å². The standard InChI is InChI=1S/C24H26F3N5O4S/c1-15-11-20(32(30-15)16-5-4-6-16)31-13-17(12-21(31)36-22(33)29-23(14-28)9-10-23)37(34,35)19-8-3-2-7-18(19)24(25,26)27/h2-3,7-8,11,16-17,21H,4-6,9-10,12-13H2,1H3,(H,29,33)/t17-,21+/m1/s1. The minimum atomic E-state index is -4.85. The molecule has 2 aromatic rings. The van der Waals surface area contributed by atoms with Crippen LogP contribution in [0.1, 0.15) is 55.8 Å². The van der Waals surface area contributed by atoms with Gasteiger partial charge in [-0.1, -0.05) is 12.1 Å². The molecular weight excluding hydrogens is 511 g/mol. The lowest BCUT2D eigenvalue weighted by molar-refractivity contribution is -0.139. The molecule has 13 heteroatoms. The predicted octanol–water partition coefficient (Wildman–Crippen LogP) is 4.10. The van der Waals surface area contributed by atoms with Gasteiger partial charge >= 0.3 is 12.3 Å². The first-order valence-corrected chi connectivity index (χ1v) is 13.6. The van der Waals surface area contributed by atoms with Crippen molar-refractivity contribution in [1.82, 2.24) is 15.1 Å². The van der Waals surface area contributed by atoms with Crippen LogP contribution in [-0.2, 0) is 20.8 Å². The smallest absolute Gasteiger partial charge is 0.417 e. The summed E-state index contributed by atoms with van der Waals surface area (Å²) < 4.78 is 75.4. The van der Waals surface area contributed by atoms with E-state index in [0.717, 1.165) is 37.5 Å². The molecule has 2 aliphatic carbocycles. The summed E-state index contributed by atoms with van der Waals surface area (Å²) in [6.07, 6.45) is -3.30. The van der Waals surface area contributed by atoms with Crippen molar-refractivity contribution in [2.45, 2.75) is 79.6 Å². The van der Waals surface area contributed by atoms with Crippen molar-refractivity contribution >= 4 is 21.7 Å². The van der Waals surface area contributed by atoms with Gasteiger partial charge in [-0.25, -0.2) is 17.9 Å². The van der Waals surface area contributed by atoms with Gasteiger partial charge < -0.3 is 15.0 Å². The molecule has 3 aliphatic rings. The Morgan fingerprint density at radius 1 is 1.27 bits per heavy atom. The van der Waals surface area contributed by atoms with E-state index in [-0.39, 0.29) is 19.0 Å². The minimum Gasteiger partial charge on any atom is -0.425 e. The van der Waals surface area contributed by atoms with Crippen molar-refractivity contribution in [2.75, 3.05) is 11.4 Å². The SMILES string of the molecule is Cc1cc(N2C[C@H](S(=O)(=O)c3ccccc3C(F)(F)F)C[C@@H]2OC(=O)NC2(C#N)CC2)n(C2CCC2)n1. The van der Waals surface area contributed by atoms with Crippen molar-refractivity contribution in [3.8, 4) is 6.07 Å². The number of ether oxygens (including phenoxy) is 1. The molecule has 1 aromatic heterocycles. The molecule has 5 rings (SSSR count). The summed E-state index contributed by atoms with van der Waals surface area (Å²) in [7, 11) is -4.46. The molecule has 1 aromatic carbocycles. The zero-order chi connectivity index (χ0) is 26.6. The number of aryl methyl sites for hydroxylation is 1. The number of anilines is 1. The van der Waals surface area contributed by atoms with Gasteiger partial charge in [-0.3, -0.25) is 0 Å². The highest BCUT2D eigenvalue weighted by atomic mass is 32.2. The lowest BCUT2D eigenvalue weighted by Gasteiger charge is -2.32. The monoisotopic (exact) mass is 537 g/mol. The molecule has 2 heterocycles. The number of benzene rings is 1. The number of alkyl carbamates (subject to hydrolysis) is 1. The van der Waals surface area contributed by atoms with Crippen LogP contribution in [0.5, 0.6) is 0 Å². The summed E-state index contributed by atoms with van der Waals surface area (Å²) in [6.45, 7) is 1.60. The first kappa shape index (κ1) is 25.4. The molecule has 1 saturated heterocycles. The number of nitriles is 1. The maximum atomic E-state index is 13.7. The quantitative estimate of drug-likeness (QED) is 0.590. The maximum Gasteiger partial charge on any atom is 0.417 e. The predicted molar refractivity (Wildman–Crippen MR) is 125 cm³/mol. The van der Waals surface area contributed by atoms with E-state index in [1.807, 2.05) is 6.07 Å². The number of carbonyl (C=O) groups is 1. The molecule has 0 spiro atoms. The van der Waals surface area contributed by atoms with Crippen molar-refractivity contribution in [3.05, 3.63) is 41.6 Å². The van der Waals surface area contributed by atoms with Gasteiger partial charge in [-0.15, -0.1) is 0 Å². The van der Waals surface area contributed by atoms with E-state index in [4.69, 9.17) is 4.74 Å². The molecule has 9 nitrogen and oxygen atoms in total. The van der Waals surface area contributed by atoms with Gasteiger partial charge in [-0.05, 0) is 51.2 Å². The van der Waals surface area contributed by atoms with Crippen LogP contribution in [0.3, 0.4) is 0 Å². The van der Waals surface area contributed by atoms with E-state index in [9.17, 15) is 31.6 Å². The fraction of sp³-hybridized carbons (Fsp3) is 0.542. The molecule has 1 N–H and O–H groups in total. The number of nitrogens with one attached hydrogen (secondary N) is 1. The molecule has 198 valence electrons. The van der Waals surface area contributed by atoms with Gasteiger partial charge in [0.25, 0.3) is 0 Å². The number of nitrogens with zero attached hydrogens (tertiary/aromatic N) is 4. The molecule has 3 fully saturated rings.